The smallest absolute Gasteiger partial charge is 0.276 e. The number of nitrogens with one attached hydrogen (secondary N) is 1. The van der Waals surface area contributed by atoms with Gasteiger partial charge in [0.15, 0.2) is 0 Å². The molecule has 0 fully saturated rings. The van der Waals surface area contributed by atoms with Gasteiger partial charge in [-0.2, -0.15) is 0 Å². The molecule has 0 saturated heterocycles. The van der Waals surface area contributed by atoms with Crippen molar-refractivity contribution < 1.29 is 4.92 Å². The molecular formula is C19H15N3O2. The lowest BCUT2D eigenvalue weighted by atomic mass is 10.1. The number of nitro benzene ring substituents is 1. The maximum atomic E-state index is 11.2. The SMILES string of the molecule is O=[N+]([O-])c1ccccc1C=C(Nc1ccccc1)c1ccccn1. The van der Waals surface area contributed by atoms with E-state index in [4.69, 9.17) is 0 Å². The maximum absolute atomic E-state index is 11.2. The average Bonchev–Trinajstić information content (AvgIpc) is 2.63. The first kappa shape index (κ1) is 15.4. The van der Waals surface area contributed by atoms with Crippen molar-refractivity contribution in [2.24, 2.45) is 0 Å². The third-order valence-electron chi connectivity index (χ3n) is 3.43. The Balaban J connectivity index is 2.06. The molecule has 5 heteroatoms. The minimum absolute atomic E-state index is 0.0563. The molecule has 118 valence electrons. The molecule has 0 saturated carbocycles. The number of benzene rings is 2. The molecule has 0 unspecified atom stereocenters. The third-order valence-corrected chi connectivity index (χ3v) is 3.43. The molecule has 1 aromatic heterocycles. The van der Waals surface area contributed by atoms with Gasteiger partial charge in [0.05, 0.1) is 21.9 Å². The van der Waals surface area contributed by atoms with E-state index < -0.39 is 0 Å². The van der Waals surface area contributed by atoms with Crippen molar-refractivity contribution >= 4 is 23.1 Å². The number of para-hydroxylation sites is 2. The van der Waals surface area contributed by atoms with Gasteiger partial charge in [0.2, 0.25) is 0 Å². The zero-order chi connectivity index (χ0) is 16.8. The van der Waals surface area contributed by atoms with Crippen LogP contribution in [0.4, 0.5) is 11.4 Å². The molecule has 1 N–H and O–H groups in total. The van der Waals surface area contributed by atoms with Crippen molar-refractivity contribution in [3.63, 3.8) is 0 Å². The lowest BCUT2D eigenvalue weighted by molar-refractivity contribution is -0.385. The highest BCUT2D eigenvalue weighted by molar-refractivity contribution is 5.88. The van der Waals surface area contributed by atoms with E-state index in [2.05, 4.69) is 10.3 Å². The number of hydrogen-bond acceptors (Lipinski definition) is 4. The van der Waals surface area contributed by atoms with Gasteiger partial charge in [-0.25, -0.2) is 0 Å². The first-order valence-electron chi connectivity index (χ1n) is 7.42. The molecule has 1 heterocycles. The van der Waals surface area contributed by atoms with Gasteiger partial charge in [0, 0.05) is 18.0 Å². The Kier molecular flexibility index (Phi) is 4.62. The van der Waals surface area contributed by atoms with E-state index in [0.717, 1.165) is 5.69 Å². The maximum Gasteiger partial charge on any atom is 0.276 e. The van der Waals surface area contributed by atoms with Crippen molar-refractivity contribution in [1.82, 2.24) is 4.98 Å². The Labute approximate surface area is 139 Å². The summed E-state index contributed by atoms with van der Waals surface area (Å²) in [5.41, 5.74) is 2.86. The van der Waals surface area contributed by atoms with Crippen LogP contribution in [-0.4, -0.2) is 9.91 Å². The lowest BCUT2D eigenvalue weighted by Crippen LogP contribution is -2.01. The van der Waals surface area contributed by atoms with Crippen LogP contribution < -0.4 is 5.32 Å². The van der Waals surface area contributed by atoms with E-state index in [-0.39, 0.29) is 10.6 Å². The number of hydrogen-bond donors (Lipinski definition) is 1. The first-order chi connectivity index (χ1) is 11.7. The molecule has 0 spiro atoms. The lowest BCUT2D eigenvalue weighted by Gasteiger charge is -2.11. The quantitative estimate of drug-likeness (QED) is 0.551. The number of anilines is 1. The normalized spacial score (nSPS) is 11.1. The Morgan fingerprint density at radius 3 is 2.38 bits per heavy atom. The highest BCUT2D eigenvalue weighted by Gasteiger charge is 2.12. The molecule has 5 nitrogen and oxygen atoms in total. The molecule has 2 aromatic carbocycles. The zero-order valence-corrected chi connectivity index (χ0v) is 12.8. The van der Waals surface area contributed by atoms with Crippen LogP contribution in [0.1, 0.15) is 11.3 Å². The van der Waals surface area contributed by atoms with Crippen molar-refractivity contribution in [1.29, 1.82) is 0 Å². The first-order valence-corrected chi connectivity index (χ1v) is 7.42. The topological polar surface area (TPSA) is 68.1 Å². The fraction of sp³-hybridized carbons (Fsp3) is 0. The number of nitrogens with zero attached hydrogens (tertiary/aromatic N) is 2. The van der Waals surface area contributed by atoms with Gasteiger partial charge >= 0.3 is 0 Å². The molecule has 0 atom stereocenters. The molecule has 0 radical (unpaired) electrons. The van der Waals surface area contributed by atoms with E-state index in [1.54, 1.807) is 30.5 Å². The summed E-state index contributed by atoms with van der Waals surface area (Å²) in [5, 5.41) is 14.5. The Hall–Kier alpha value is -3.47. The fourth-order valence-corrected chi connectivity index (χ4v) is 2.30. The summed E-state index contributed by atoms with van der Waals surface area (Å²) in [6.45, 7) is 0. The summed E-state index contributed by atoms with van der Waals surface area (Å²) in [5.74, 6) is 0. The monoisotopic (exact) mass is 317 g/mol. The second kappa shape index (κ2) is 7.19. The molecular weight excluding hydrogens is 302 g/mol. The second-order valence-corrected chi connectivity index (χ2v) is 5.08. The van der Waals surface area contributed by atoms with Crippen LogP contribution in [0, 0.1) is 10.1 Å². The summed E-state index contributed by atoms with van der Waals surface area (Å²) in [6.07, 6.45) is 3.43. The summed E-state index contributed by atoms with van der Waals surface area (Å²) in [6, 6.07) is 21.8. The zero-order valence-electron chi connectivity index (χ0n) is 12.8. The highest BCUT2D eigenvalue weighted by atomic mass is 16.6. The number of rotatable bonds is 5. The van der Waals surface area contributed by atoms with E-state index >= 15 is 0 Å². The summed E-state index contributed by atoms with van der Waals surface area (Å²) in [4.78, 5) is 15.2. The molecule has 24 heavy (non-hydrogen) atoms. The van der Waals surface area contributed by atoms with Crippen molar-refractivity contribution in [2.75, 3.05) is 5.32 Å². The molecule has 0 aliphatic heterocycles. The van der Waals surface area contributed by atoms with Crippen LogP contribution >= 0.6 is 0 Å². The van der Waals surface area contributed by atoms with Gasteiger partial charge in [0.1, 0.15) is 0 Å². The minimum Gasteiger partial charge on any atom is -0.354 e. The Bertz CT molecular complexity index is 862. The number of pyridine rings is 1. The van der Waals surface area contributed by atoms with Gasteiger partial charge in [-0.15, -0.1) is 0 Å². The van der Waals surface area contributed by atoms with Crippen molar-refractivity contribution in [3.8, 4) is 0 Å². The average molecular weight is 317 g/mol. The predicted molar refractivity (Wildman–Crippen MR) is 95.3 cm³/mol. The van der Waals surface area contributed by atoms with E-state index in [0.29, 0.717) is 17.0 Å². The molecule has 0 aliphatic carbocycles. The van der Waals surface area contributed by atoms with E-state index in [1.165, 1.54) is 6.07 Å². The molecule has 0 bridgehead atoms. The Morgan fingerprint density at radius 1 is 0.958 bits per heavy atom. The van der Waals surface area contributed by atoms with Gasteiger partial charge in [-0.3, -0.25) is 15.1 Å². The fourth-order valence-electron chi connectivity index (χ4n) is 2.30. The second-order valence-electron chi connectivity index (χ2n) is 5.08. The standard InChI is InChI=1S/C19H15N3O2/c23-22(24)19-12-5-4-8-15(19)14-18(17-11-6-7-13-20-17)21-16-9-2-1-3-10-16/h1-14,21H. The van der Waals surface area contributed by atoms with Crippen LogP contribution in [0.5, 0.6) is 0 Å². The molecule has 0 amide bonds. The van der Waals surface area contributed by atoms with Gasteiger partial charge in [-0.05, 0) is 36.4 Å². The highest BCUT2D eigenvalue weighted by Crippen LogP contribution is 2.25. The summed E-state index contributed by atoms with van der Waals surface area (Å²) < 4.78 is 0. The summed E-state index contributed by atoms with van der Waals surface area (Å²) >= 11 is 0. The molecule has 3 rings (SSSR count). The molecule has 3 aromatic rings. The van der Waals surface area contributed by atoms with Crippen LogP contribution in [0.25, 0.3) is 11.8 Å². The van der Waals surface area contributed by atoms with E-state index in [9.17, 15) is 10.1 Å². The molecule has 0 aliphatic rings. The Morgan fingerprint density at radius 2 is 1.67 bits per heavy atom. The number of nitro groups is 1. The van der Waals surface area contributed by atoms with Crippen LogP contribution in [0.15, 0.2) is 79.0 Å². The van der Waals surface area contributed by atoms with Crippen LogP contribution in [-0.2, 0) is 0 Å². The van der Waals surface area contributed by atoms with Gasteiger partial charge in [0.25, 0.3) is 5.69 Å². The van der Waals surface area contributed by atoms with Crippen molar-refractivity contribution in [3.05, 3.63) is 100 Å². The van der Waals surface area contributed by atoms with Crippen molar-refractivity contribution in [2.45, 2.75) is 0 Å². The largest absolute Gasteiger partial charge is 0.354 e. The predicted octanol–water partition coefficient (Wildman–Crippen LogP) is 4.60. The van der Waals surface area contributed by atoms with Crippen LogP contribution in [0.3, 0.4) is 0 Å². The third kappa shape index (κ3) is 3.64. The number of aromatic nitrogens is 1. The van der Waals surface area contributed by atoms with Gasteiger partial charge < -0.3 is 5.32 Å². The minimum atomic E-state index is -0.385. The van der Waals surface area contributed by atoms with Crippen LogP contribution in [0.2, 0.25) is 0 Å². The summed E-state index contributed by atoms with van der Waals surface area (Å²) in [7, 11) is 0. The van der Waals surface area contributed by atoms with E-state index in [1.807, 2.05) is 48.5 Å². The van der Waals surface area contributed by atoms with Gasteiger partial charge in [-0.1, -0.05) is 36.4 Å².